The maximum atomic E-state index is 10.5. The molecule has 96 valence electrons. The fourth-order valence-corrected chi connectivity index (χ4v) is 2.76. The van der Waals surface area contributed by atoms with E-state index in [1.807, 2.05) is 36.4 Å². The van der Waals surface area contributed by atoms with Crippen LogP contribution in [0.5, 0.6) is 0 Å². The largest absolute Gasteiger partial charge is 0.388 e. The molecule has 0 spiro atoms. The van der Waals surface area contributed by atoms with Crippen LogP contribution >= 0.6 is 11.6 Å². The van der Waals surface area contributed by atoms with Crippen molar-refractivity contribution in [2.75, 3.05) is 0 Å². The summed E-state index contributed by atoms with van der Waals surface area (Å²) in [5.74, 6) is 0.301. The number of fused-ring (bicyclic) bond motifs is 1. The number of halogens is 1. The molecule has 0 radical (unpaired) electrons. The molecular formula is C16H19ClO. The van der Waals surface area contributed by atoms with Gasteiger partial charge >= 0.3 is 0 Å². The van der Waals surface area contributed by atoms with Gasteiger partial charge in [-0.3, -0.25) is 0 Å². The van der Waals surface area contributed by atoms with E-state index < -0.39 is 6.10 Å². The van der Waals surface area contributed by atoms with E-state index in [0.717, 1.165) is 34.2 Å². The van der Waals surface area contributed by atoms with Crippen molar-refractivity contribution in [3.63, 3.8) is 0 Å². The van der Waals surface area contributed by atoms with E-state index in [2.05, 4.69) is 13.8 Å². The fourth-order valence-electron chi connectivity index (χ4n) is 2.53. The lowest BCUT2D eigenvalue weighted by Gasteiger charge is -2.22. The smallest absolute Gasteiger partial charge is 0.0824 e. The minimum atomic E-state index is -0.415. The summed E-state index contributed by atoms with van der Waals surface area (Å²) >= 11 is 6.20. The second-order valence-electron chi connectivity index (χ2n) is 4.70. The van der Waals surface area contributed by atoms with Crippen LogP contribution in [0.1, 0.15) is 38.4 Å². The van der Waals surface area contributed by atoms with Crippen LogP contribution in [0.15, 0.2) is 36.4 Å². The molecule has 0 saturated carbocycles. The standard InChI is InChI=1S/C16H19ClO/c1-3-11(4-2)16(18)14-9-10-15(17)13-8-6-5-7-12(13)14/h5-11,16,18H,3-4H2,1-2H3. The zero-order valence-electron chi connectivity index (χ0n) is 10.9. The third-order valence-corrected chi connectivity index (χ3v) is 4.05. The van der Waals surface area contributed by atoms with Gasteiger partial charge in [-0.25, -0.2) is 0 Å². The molecule has 1 nitrogen and oxygen atoms in total. The first-order valence-corrected chi connectivity index (χ1v) is 6.92. The summed E-state index contributed by atoms with van der Waals surface area (Å²) in [7, 11) is 0. The van der Waals surface area contributed by atoms with Gasteiger partial charge < -0.3 is 5.11 Å². The SMILES string of the molecule is CCC(CC)C(O)c1ccc(Cl)c2ccccc12. The van der Waals surface area contributed by atoms with Crippen LogP contribution < -0.4 is 0 Å². The Morgan fingerprint density at radius 1 is 1.00 bits per heavy atom. The van der Waals surface area contributed by atoms with Crippen LogP contribution in [-0.2, 0) is 0 Å². The number of rotatable bonds is 4. The van der Waals surface area contributed by atoms with Crippen LogP contribution in [0.2, 0.25) is 5.02 Å². The summed E-state index contributed by atoms with van der Waals surface area (Å²) in [6.07, 6.45) is 1.55. The van der Waals surface area contributed by atoms with Crippen molar-refractivity contribution < 1.29 is 5.11 Å². The van der Waals surface area contributed by atoms with Gasteiger partial charge in [0.05, 0.1) is 6.10 Å². The topological polar surface area (TPSA) is 20.2 Å². The highest BCUT2D eigenvalue weighted by atomic mass is 35.5. The molecule has 2 rings (SSSR count). The van der Waals surface area contributed by atoms with Crippen molar-refractivity contribution in [3.8, 4) is 0 Å². The zero-order chi connectivity index (χ0) is 13.1. The predicted octanol–water partition coefficient (Wildman–Crippen LogP) is 4.96. The van der Waals surface area contributed by atoms with Gasteiger partial charge in [0, 0.05) is 10.4 Å². The summed E-state index contributed by atoms with van der Waals surface area (Å²) in [5.41, 5.74) is 0.990. The van der Waals surface area contributed by atoms with E-state index in [-0.39, 0.29) is 0 Å². The van der Waals surface area contributed by atoms with Gasteiger partial charge in [-0.1, -0.05) is 68.6 Å². The zero-order valence-corrected chi connectivity index (χ0v) is 11.6. The Labute approximate surface area is 113 Å². The molecule has 18 heavy (non-hydrogen) atoms. The van der Waals surface area contributed by atoms with E-state index in [9.17, 15) is 5.11 Å². The third-order valence-electron chi connectivity index (χ3n) is 3.72. The number of benzene rings is 2. The first-order valence-electron chi connectivity index (χ1n) is 6.54. The maximum Gasteiger partial charge on any atom is 0.0824 e. The summed E-state index contributed by atoms with van der Waals surface area (Å²) in [5, 5.41) is 13.3. The highest BCUT2D eigenvalue weighted by Gasteiger charge is 2.19. The molecule has 0 amide bonds. The van der Waals surface area contributed by atoms with Gasteiger partial charge in [-0.2, -0.15) is 0 Å². The third kappa shape index (κ3) is 2.38. The minimum absolute atomic E-state index is 0.301. The Morgan fingerprint density at radius 2 is 1.61 bits per heavy atom. The lowest BCUT2D eigenvalue weighted by atomic mass is 9.89. The Hall–Kier alpha value is -1.05. The van der Waals surface area contributed by atoms with E-state index in [4.69, 9.17) is 11.6 Å². The Bertz CT molecular complexity index is 532. The van der Waals surface area contributed by atoms with E-state index in [1.54, 1.807) is 0 Å². The second kappa shape index (κ2) is 5.73. The number of aliphatic hydroxyl groups excluding tert-OH is 1. The van der Waals surface area contributed by atoms with E-state index in [1.165, 1.54) is 0 Å². The Morgan fingerprint density at radius 3 is 2.22 bits per heavy atom. The van der Waals surface area contributed by atoms with Crippen molar-refractivity contribution in [2.45, 2.75) is 32.8 Å². The molecule has 2 aromatic rings. The lowest BCUT2D eigenvalue weighted by molar-refractivity contribution is 0.105. The monoisotopic (exact) mass is 262 g/mol. The van der Waals surface area contributed by atoms with Crippen molar-refractivity contribution in [1.82, 2.24) is 0 Å². The van der Waals surface area contributed by atoms with Gasteiger partial charge in [0.25, 0.3) is 0 Å². The number of aliphatic hydroxyl groups is 1. The molecule has 0 bridgehead atoms. The van der Waals surface area contributed by atoms with Gasteiger partial charge in [-0.15, -0.1) is 0 Å². The van der Waals surface area contributed by atoms with Crippen molar-refractivity contribution in [1.29, 1.82) is 0 Å². The quantitative estimate of drug-likeness (QED) is 0.825. The molecule has 0 aliphatic carbocycles. The molecule has 0 fully saturated rings. The van der Waals surface area contributed by atoms with Gasteiger partial charge in [0.1, 0.15) is 0 Å². The number of hydrogen-bond donors (Lipinski definition) is 1. The molecule has 0 heterocycles. The fraction of sp³-hybridized carbons (Fsp3) is 0.375. The molecule has 0 saturated heterocycles. The van der Waals surface area contributed by atoms with E-state index in [0.29, 0.717) is 5.92 Å². The van der Waals surface area contributed by atoms with Gasteiger partial charge in [0.15, 0.2) is 0 Å². The highest BCUT2D eigenvalue weighted by Crippen LogP contribution is 2.34. The molecular weight excluding hydrogens is 244 g/mol. The molecule has 1 N–H and O–H groups in total. The average Bonchev–Trinajstić information content (AvgIpc) is 2.41. The maximum absolute atomic E-state index is 10.5. The van der Waals surface area contributed by atoms with Crippen molar-refractivity contribution in [2.24, 2.45) is 5.92 Å². The molecule has 1 unspecified atom stereocenters. The van der Waals surface area contributed by atoms with Crippen molar-refractivity contribution in [3.05, 3.63) is 47.0 Å². The van der Waals surface area contributed by atoms with E-state index >= 15 is 0 Å². The molecule has 2 aromatic carbocycles. The molecule has 0 aliphatic rings. The summed E-state index contributed by atoms with van der Waals surface area (Å²) in [6, 6.07) is 11.8. The highest BCUT2D eigenvalue weighted by molar-refractivity contribution is 6.35. The average molecular weight is 263 g/mol. The summed E-state index contributed by atoms with van der Waals surface area (Å²) in [6.45, 7) is 4.24. The van der Waals surface area contributed by atoms with Crippen LogP contribution in [0.4, 0.5) is 0 Å². The minimum Gasteiger partial charge on any atom is -0.388 e. The molecule has 2 heteroatoms. The second-order valence-corrected chi connectivity index (χ2v) is 5.11. The summed E-state index contributed by atoms with van der Waals surface area (Å²) < 4.78 is 0. The first-order chi connectivity index (χ1) is 8.69. The Balaban J connectivity index is 2.54. The Kier molecular flexibility index (Phi) is 4.26. The number of hydrogen-bond acceptors (Lipinski definition) is 1. The predicted molar refractivity (Wildman–Crippen MR) is 78.0 cm³/mol. The van der Waals surface area contributed by atoms with Crippen LogP contribution in [0, 0.1) is 5.92 Å². The van der Waals surface area contributed by atoms with Gasteiger partial charge in [0.2, 0.25) is 0 Å². The van der Waals surface area contributed by atoms with Crippen LogP contribution in [-0.4, -0.2) is 5.11 Å². The molecule has 1 atom stereocenters. The summed E-state index contributed by atoms with van der Waals surface area (Å²) in [4.78, 5) is 0. The van der Waals surface area contributed by atoms with Gasteiger partial charge in [-0.05, 0) is 22.9 Å². The molecule has 0 aliphatic heterocycles. The van der Waals surface area contributed by atoms with Crippen molar-refractivity contribution >= 4 is 22.4 Å². The van der Waals surface area contributed by atoms with Crippen LogP contribution in [0.25, 0.3) is 10.8 Å². The lowest BCUT2D eigenvalue weighted by Crippen LogP contribution is -2.11. The normalized spacial score (nSPS) is 13.2. The van der Waals surface area contributed by atoms with Crippen LogP contribution in [0.3, 0.4) is 0 Å². The first kappa shape index (κ1) is 13.4. The molecule has 0 aromatic heterocycles.